The molecule has 0 spiro atoms. The molecule has 108 valence electrons. The van der Waals surface area contributed by atoms with Gasteiger partial charge in [-0.3, -0.25) is 0 Å². The normalized spacial score (nSPS) is 15.2. The van der Waals surface area contributed by atoms with Gasteiger partial charge in [-0.05, 0) is 25.7 Å². The maximum absolute atomic E-state index is 11.3. The van der Waals surface area contributed by atoms with Crippen molar-refractivity contribution in [3.05, 3.63) is 12.2 Å². The van der Waals surface area contributed by atoms with Crippen LogP contribution >= 0.6 is 0 Å². The standard InChI is InChI=1S/C15H24O4/c1-2-3-4-5-6-12-18-14(16)10-11-15(17)19-13-8-7-9-13/h10-11,13H,2-9,12H2,1H3/b11-10+. The molecule has 0 radical (unpaired) electrons. The zero-order valence-corrected chi connectivity index (χ0v) is 11.7. The Labute approximate surface area is 115 Å². The van der Waals surface area contributed by atoms with E-state index in [2.05, 4.69) is 6.92 Å². The molecule has 1 aliphatic rings. The van der Waals surface area contributed by atoms with Gasteiger partial charge in [0.15, 0.2) is 0 Å². The molecule has 0 aromatic rings. The maximum Gasteiger partial charge on any atom is 0.331 e. The lowest BCUT2D eigenvalue weighted by atomic mass is 9.96. The second-order valence-corrected chi connectivity index (χ2v) is 4.90. The first-order valence-corrected chi connectivity index (χ1v) is 7.28. The molecule has 19 heavy (non-hydrogen) atoms. The van der Waals surface area contributed by atoms with Crippen molar-refractivity contribution in [1.29, 1.82) is 0 Å². The van der Waals surface area contributed by atoms with E-state index in [4.69, 9.17) is 9.47 Å². The lowest BCUT2D eigenvalue weighted by Crippen LogP contribution is -2.24. The zero-order valence-electron chi connectivity index (χ0n) is 11.7. The predicted octanol–water partition coefficient (Wildman–Crippen LogP) is 3.15. The highest BCUT2D eigenvalue weighted by Crippen LogP contribution is 2.21. The van der Waals surface area contributed by atoms with E-state index in [0.29, 0.717) is 6.61 Å². The molecule has 1 aliphatic carbocycles. The summed E-state index contributed by atoms with van der Waals surface area (Å²) < 4.78 is 10.1. The summed E-state index contributed by atoms with van der Waals surface area (Å²) in [6, 6.07) is 0. The summed E-state index contributed by atoms with van der Waals surface area (Å²) in [5.74, 6) is -0.925. The van der Waals surface area contributed by atoms with Gasteiger partial charge in [0.2, 0.25) is 0 Å². The molecule has 0 atom stereocenters. The number of carbonyl (C=O) groups is 2. The van der Waals surface area contributed by atoms with Crippen LogP contribution in [0.2, 0.25) is 0 Å². The average Bonchev–Trinajstić information content (AvgIpc) is 2.35. The molecular weight excluding hydrogens is 244 g/mol. The molecule has 0 saturated heterocycles. The molecule has 0 aliphatic heterocycles. The van der Waals surface area contributed by atoms with Gasteiger partial charge in [0.25, 0.3) is 0 Å². The predicted molar refractivity (Wildman–Crippen MR) is 72.6 cm³/mol. The number of rotatable bonds is 9. The van der Waals surface area contributed by atoms with E-state index >= 15 is 0 Å². The molecule has 0 heterocycles. The molecular formula is C15H24O4. The fourth-order valence-electron chi connectivity index (χ4n) is 1.75. The lowest BCUT2D eigenvalue weighted by Gasteiger charge is -2.24. The Bertz CT molecular complexity index is 305. The molecule has 0 amide bonds. The van der Waals surface area contributed by atoms with E-state index in [-0.39, 0.29) is 6.10 Å². The Kier molecular flexibility index (Phi) is 7.94. The fraction of sp³-hybridized carbons (Fsp3) is 0.733. The van der Waals surface area contributed by atoms with Gasteiger partial charge >= 0.3 is 11.9 Å². The molecule has 0 N–H and O–H groups in total. The smallest absolute Gasteiger partial charge is 0.331 e. The van der Waals surface area contributed by atoms with E-state index in [0.717, 1.165) is 44.3 Å². The first kappa shape index (κ1) is 15.7. The topological polar surface area (TPSA) is 52.6 Å². The minimum absolute atomic E-state index is 0.0479. The maximum atomic E-state index is 11.3. The van der Waals surface area contributed by atoms with Crippen LogP contribution in [0.15, 0.2) is 12.2 Å². The highest BCUT2D eigenvalue weighted by atomic mass is 16.5. The zero-order chi connectivity index (χ0) is 13.9. The first-order chi connectivity index (χ1) is 9.22. The molecule has 1 saturated carbocycles. The van der Waals surface area contributed by atoms with Gasteiger partial charge in [-0.1, -0.05) is 32.6 Å². The minimum atomic E-state index is -0.471. The second-order valence-electron chi connectivity index (χ2n) is 4.90. The summed E-state index contributed by atoms with van der Waals surface area (Å²) in [4.78, 5) is 22.6. The molecule has 0 bridgehead atoms. The third-order valence-electron chi connectivity index (χ3n) is 3.18. The third kappa shape index (κ3) is 7.65. The monoisotopic (exact) mass is 268 g/mol. The van der Waals surface area contributed by atoms with E-state index in [1.807, 2.05) is 0 Å². The summed E-state index contributed by atoms with van der Waals surface area (Å²) >= 11 is 0. The summed E-state index contributed by atoms with van der Waals surface area (Å²) in [5.41, 5.74) is 0. The van der Waals surface area contributed by atoms with Crippen molar-refractivity contribution in [1.82, 2.24) is 0 Å². The minimum Gasteiger partial charge on any atom is -0.463 e. The van der Waals surface area contributed by atoms with Crippen LogP contribution in [0.25, 0.3) is 0 Å². The van der Waals surface area contributed by atoms with Crippen LogP contribution in [0.3, 0.4) is 0 Å². The van der Waals surface area contributed by atoms with Crippen molar-refractivity contribution >= 4 is 11.9 Å². The Balaban J connectivity index is 2.00. The number of hydrogen-bond donors (Lipinski definition) is 0. The van der Waals surface area contributed by atoms with Crippen molar-refractivity contribution < 1.29 is 19.1 Å². The van der Waals surface area contributed by atoms with E-state index in [1.54, 1.807) is 0 Å². The molecule has 1 fully saturated rings. The highest BCUT2D eigenvalue weighted by molar-refractivity contribution is 5.91. The Morgan fingerprint density at radius 2 is 1.74 bits per heavy atom. The van der Waals surface area contributed by atoms with Crippen LogP contribution in [-0.4, -0.2) is 24.6 Å². The van der Waals surface area contributed by atoms with Gasteiger partial charge in [-0.25, -0.2) is 9.59 Å². The Hall–Kier alpha value is -1.32. The lowest BCUT2D eigenvalue weighted by molar-refractivity contribution is -0.147. The van der Waals surface area contributed by atoms with E-state index in [1.165, 1.54) is 19.3 Å². The van der Waals surface area contributed by atoms with Crippen LogP contribution in [0, 0.1) is 0 Å². The van der Waals surface area contributed by atoms with Crippen LogP contribution in [0.4, 0.5) is 0 Å². The van der Waals surface area contributed by atoms with Gasteiger partial charge in [-0.15, -0.1) is 0 Å². The summed E-state index contributed by atoms with van der Waals surface area (Å²) in [7, 11) is 0. The fourth-order valence-corrected chi connectivity index (χ4v) is 1.75. The molecule has 1 rings (SSSR count). The number of carbonyl (C=O) groups excluding carboxylic acids is 2. The van der Waals surface area contributed by atoms with Crippen molar-refractivity contribution in [3.63, 3.8) is 0 Å². The van der Waals surface area contributed by atoms with Gasteiger partial charge in [0.05, 0.1) is 6.61 Å². The van der Waals surface area contributed by atoms with E-state index in [9.17, 15) is 9.59 Å². The first-order valence-electron chi connectivity index (χ1n) is 7.28. The highest BCUT2D eigenvalue weighted by Gasteiger charge is 2.20. The number of esters is 2. The molecule has 0 unspecified atom stereocenters. The molecule has 0 aromatic heterocycles. The van der Waals surface area contributed by atoms with Crippen LogP contribution in [0.1, 0.15) is 58.3 Å². The van der Waals surface area contributed by atoms with Gasteiger partial charge < -0.3 is 9.47 Å². The van der Waals surface area contributed by atoms with Crippen molar-refractivity contribution in [3.8, 4) is 0 Å². The van der Waals surface area contributed by atoms with Gasteiger partial charge in [0.1, 0.15) is 6.10 Å². The van der Waals surface area contributed by atoms with Crippen LogP contribution in [0.5, 0.6) is 0 Å². The number of ether oxygens (including phenoxy) is 2. The molecule has 0 aromatic carbocycles. The summed E-state index contributed by atoms with van der Waals surface area (Å²) in [6.45, 7) is 2.58. The number of unbranched alkanes of at least 4 members (excludes halogenated alkanes) is 4. The average molecular weight is 268 g/mol. The largest absolute Gasteiger partial charge is 0.463 e. The second kappa shape index (κ2) is 9.59. The van der Waals surface area contributed by atoms with E-state index < -0.39 is 11.9 Å². The summed E-state index contributed by atoms with van der Waals surface area (Å²) in [5, 5.41) is 0. The van der Waals surface area contributed by atoms with Gasteiger partial charge in [0, 0.05) is 12.2 Å². The Morgan fingerprint density at radius 1 is 1.05 bits per heavy atom. The quantitative estimate of drug-likeness (QED) is 0.366. The SMILES string of the molecule is CCCCCCCOC(=O)/C=C/C(=O)OC1CCC1. The van der Waals surface area contributed by atoms with Gasteiger partial charge in [-0.2, -0.15) is 0 Å². The van der Waals surface area contributed by atoms with Crippen molar-refractivity contribution in [2.24, 2.45) is 0 Å². The van der Waals surface area contributed by atoms with Crippen LogP contribution < -0.4 is 0 Å². The number of hydrogen-bond acceptors (Lipinski definition) is 4. The third-order valence-corrected chi connectivity index (χ3v) is 3.18. The molecule has 4 heteroatoms. The Morgan fingerprint density at radius 3 is 2.37 bits per heavy atom. The summed E-state index contributed by atoms with van der Waals surface area (Å²) in [6.07, 6.45) is 10.9. The van der Waals surface area contributed by atoms with Crippen molar-refractivity contribution in [2.45, 2.75) is 64.4 Å². The molecule has 4 nitrogen and oxygen atoms in total. The van der Waals surface area contributed by atoms with Crippen molar-refractivity contribution in [2.75, 3.05) is 6.61 Å². The van der Waals surface area contributed by atoms with Crippen LogP contribution in [-0.2, 0) is 19.1 Å².